The van der Waals surface area contributed by atoms with E-state index in [-0.39, 0.29) is 22.7 Å². The standard InChI is InChI=1S/C17H16F3N3O5S/c1-11-2-7-14(23(25)26)9-15(11)29(27,28)22-13-5-3-12(4-6-13)8-16(24)21-10-17(18,19)20/h2-7,9,22H,8,10H2,1H3,(H,21,24). The summed E-state index contributed by atoms with van der Waals surface area (Å²) in [5, 5.41) is 12.6. The van der Waals surface area contributed by atoms with Crippen LogP contribution in [0, 0.1) is 17.0 Å². The number of alkyl halides is 3. The van der Waals surface area contributed by atoms with Crippen LogP contribution in [-0.4, -0.2) is 32.0 Å². The van der Waals surface area contributed by atoms with E-state index in [1.165, 1.54) is 43.3 Å². The Bertz CT molecular complexity index is 1020. The van der Waals surface area contributed by atoms with Gasteiger partial charge in [0.1, 0.15) is 6.54 Å². The molecule has 2 N–H and O–H groups in total. The summed E-state index contributed by atoms with van der Waals surface area (Å²) < 4.78 is 63.6. The third-order valence-electron chi connectivity index (χ3n) is 3.73. The van der Waals surface area contributed by atoms with Crippen LogP contribution in [-0.2, 0) is 21.2 Å². The second-order valence-corrected chi connectivity index (χ2v) is 7.73. The summed E-state index contributed by atoms with van der Waals surface area (Å²) in [7, 11) is -4.12. The third kappa shape index (κ3) is 6.45. The number of carbonyl (C=O) groups excluding carboxylic acids is 1. The van der Waals surface area contributed by atoms with Crippen LogP contribution in [0.4, 0.5) is 24.5 Å². The van der Waals surface area contributed by atoms with Crippen molar-refractivity contribution in [2.24, 2.45) is 0 Å². The van der Waals surface area contributed by atoms with Gasteiger partial charge in [-0.25, -0.2) is 8.42 Å². The molecule has 8 nitrogen and oxygen atoms in total. The van der Waals surface area contributed by atoms with Crippen molar-refractivity contribution in [3.8, 4) is 0 Å². The first kappa shape index (κ1) is 22.1. The highest BCUT2D eigenvalue weighted by atomic mass is 32.2. The molecule has 0 aliphatic rings. The quantitative estimate of drug-likeness (QED) is 0.516. The number of aryl methyl sites for hydroxylation is 1. The highest BCUT2D eigenvalue weighted by molar-refractivity contribution is 7.92. The van der Waals surface area contributed by atoms with Crippen molar-refractivity contribution >= 4 is 27.3 Å². The number of non-ortho nitro benzene ring substituents is 1. The Kier molecular flexibility index (Phi) is 6.47. The van der Waals surface area contributed by atoms with E-state index >= 15 is 0 Å². The van der Waals surface area contributed by atoms with E-state index < -0.39 is 33.6 Å². The largest absolute Gasteiger partial charge is 0.405 e. The third-order valence-corrected chi connectivity index (χ3v) is 5.25. The second kappa shape index (κ2) is 8.47. The van der Waals surface area contributed by atoms with E-state index in [4.69, 9.17) is 0 Å². The first-order chi connectivity index (χ1) is 13.4. The Morgan fingerprint density at radius 3 is 2.31 bits per heavy atom. The van der Waals surface area contributed by atoms with Crippen LogP contribution < -0.4 is 10.0 Å². The number of nitro groups is 1. The van der Waals surface area contributed by atoms with E-state index in [0.717, 1.165) is 6.07 Å². The van der Waals surface area contributed by atoms with Gasteiger partial charge in [0.25, 0.3) is 15.7 Å². The fraction of sp³-hybridized carbons (Fsp3) is 0.235. The molecule has 0 fully saturated rings. The molecule has 0 heterocycles. The summed E-state index contributed by atoms with van der Waals surface area (Å²) in [5.41, 5.74) is 0.423. The van der Waals surface area contributed by atoms with Gasteiger partial charge in [0.2, 0.25) is 5.91 Å². The van der Waals surface area contributed by atoms with Crippen molar-refractivity contribution in [2.45, 2.75) is 24.4 Å². The van der Waals surface area contributed by atoms with E-state index in [0.29, 0.717) is 11.1 Å². The van der Waals surface area contributed by atoms with Crippen molar-refractivity contribution in [3.05, 3.63) is 63.7 Å². The van der Waals surface area contributed by atoms with E-state index in [9.17, 15) is 36.5 Å². The second-order valence-electron chi connectivity index (χ2n) is 6.08. The molecule has 1 amide bonds. The lowest BCUT2D eigenvalue weighted by Crippen LogP contribution is -2.34. The van der Waals surface area contributed by atoms with Gasteiger partial charge in [-0.2, -0.15) is 13.2 Å². The number of sulfonamides is 1. The molecule has 0 aliphatic carbocycles. The summed E-state index contributed by atoms with van der Waals surface area (Å²) in [6, 6.07) is 8.86. The Morgan fingerprint density at radius 2 is 1.76 bits per heavy atom. The number of nitrogens with one attached hydrogen (secondary N) is 2. The smallest absolute Gasteiger partial charge is 0.347 e. The molecule has 0 aromatic heterocycles. The van der Waals surface area contributed by atoms with Crippen molar-refractivity contribution in [1.29, 1.82) is 0 Å². The van der Waals surface area contributed by atoms with E-state index in [1.807, 2.05) is 0 Å². The first-order valence-corrected chi connectivity index (χ1v) is 9.56. The number of benzene rings is 2. The van der Waals surface area contributed by atoms with Gasteiger partial charge < -0.3 is 5.32 Å². The van der Waals surface area contributed by atoms with Crippen LogP contribution in [0.15, 0.2) is 47.4 Å². The van der Waals surface area contributed by atoms with Gasteiger partial charge in [-0.05, 0) is 30.2 Å². The van der Waals surface area contributed by atoms with Crippen LogP contribution in [0.3, 0.4) is 0 Å². The van der Waals surface area contributed by atoms with Crippen LogP contribution in [0.1, 0.15) is 11.1 Å². The monoisotopic (exact) mass is 431 g/mol. The maximum absolute atomic E-state index is 12.5. The molecule has 156 valence electrons. The molecule has 12 heteroatoms. The lowest BCUT2D eigenvalue weighted by molar-refractivity contribution is -0.385. The molecule has 2 aromatic rings. The number of hydrogen-bond donors (Lipinski definition) is 2. The van der Waals surface area contributed by atoms with Gasteiger partial charge in [-0.3, -0.25) is 19.6 Å². The number of nitro benzene ring substituents is 1. The summed E-state index contributed by atoms with van der Waals surface area (Å²) >= 11 is 0. The van der Waals surface area contributed by atoms with Gasteiger partial charge in [-0.15, -0.1) is 0 Å². The minimum absolute atomic E-state index is 0.121. The normalized spacial score (nSPS) is 11.7. The molecular formula is C17H16F3N3O5S. The van der Waals surface area contributed by atoms with Gasteiger partial charge in [0, 0.05) is 17.8 Å². The first-order valence-electron chi connectivity index (χ1n) is 8.08. The molecule has 0 saturated carbocycles. The number of halogens is 3. The number of rotatable bonds is 7. The minimum Gasteiger partial charge on any atom is -0.347 e. The summed E-state index contributed by atoms with van der Waals surface area (Å²) in [5.74, 6) is -0.831. The van der Waals surface area contributed by atoms with Crippen molar-refractivity contribution in [3.63, 3.8) is 0 Å². The molecule has 0 unspecified atom stereocenters. The molecule has 0 saturated heterocycles. The van der Waals surface area contributed by atoms with Gasteiger partial charge in [-0.1, -0.05) is 18.2 Å². The zero-order chi connectivity index (χ0) is 21.8. The number of anilines is 1. The number of amides is 1. The maximum Gasteiger partial charge on any atom is 0.405 e. The molecular weight excluding hydrogens is 415 g/mol. The number of nitrogens with zero attached hydrogens (tertiary/aromatic N) is 1. The van der Waals surface area contributed by atoms with Gasteiger partial charge in [0.05, 0.1) is 16.2 Å². The predicted octanol–water partition coefficient (Wildman–Crippen LogP) is 2.93. The van der Waals surface area contributed by atoms with Crippen LogP contribution >= 0.6 is 0 Å². The van der Waals surface area contributed by atoms with Crippen LogP contribution in [0.25, 0.3) is 0 Å². The summed E-state index contributed by atoms with van der Waals surface area (Å²) in [6.07, 6.45) is -4.82. The van der Waals surface area contributed by atoms with Gasteiger partial charge in [0.15, 0.2) is 0 Å². The van der Waals surface area contributed by atoms with Crippen LogP contribution in [0.5, 0.6) is 0 Å². The van der Waals surface area contributed by atoms with E-state index in [2.05, 4.69) is 4.72 Å². The molecule has 0 atom stereocenters. The van der Waals surface area contributed by atoms with Crippen molar-refractivity contribution in [2.75, 3.05) is 11.3 Å². The van der Waals surface area contributed by atoms with Gasteiger partial charge >= 0.3 is 6.18 Å². The lowest BCUT2D eigenvalue weighted by Gasteiger charge is -2.11. The van der Waals surface area contributed by atoms with E-state index in [1.54, 1.807) is 5.32 Å². The zero-order valence-corrected chi connectivity index (χ0v) is 15.8. The molecule has 0 radical (unpaired) electrons. The van der Waals surface area contributed by atoms with Crippen molar-refractivity contribution < 1.29 is 31.3 Å². The fourth-order valence-corrected chi connectivity index (χ4v) is 3.66. The highest BCUT2D eigenvalue weighted by Crippen LogP contribution is 2.24. The highest BCUT2D eigenvalue weighted by Gasteiger charge is 2.27. The Hall–Kier alpha value is -3.15. The lowest BCUT2D eigenvalue weighted by atomic mass is 10.1. The Labute approximate surface area is 163 Å². The summed E-state index contributed by atoms with van der Waals surface area (Å²) in [4.78, 5) is 21.4. The zero-order valence-electron chi connectivity index (χ0n) is 15.0. The molecule has 0 aliphatic heterocycles. The Morgan fingerprint density at radius 1 is 1.14 bits per heavy atom. The molecule has 2 aromatic carbocycles. The predicted molar refractivity (Wildman–Crippen MR) is 97.9 cm³/mol. The molecule has 2 rings (SSSR count). The number of carbonyl (C=O) groups is 1. The summed E-state index contributed by atoms with van der Waals surface area (Å²) in [6.45, 7) is 0.0488. The fourth-order valence-electron chi connectivity index (χ4n) is 2.34. The number of hydrogen-bond acceptors (Lipinski definition) is 5. The molecule has 0 spiro atoms. The average Bonchev–Trinajstić information content (AvgIpc) is 2.61. The minimum atomic E-state index is -4.51. The maximum atomic E-state index is 12.5. The topological polar surface area (TPSA) is 118 Å². The van der Waals surface area contributed by atoms with Crippen molar-refractivity contribution in [1.82, 2.24) is 5.32 Å². The average molecular weight is 431 g/mol. The Balaban J connectivity index is 2.10. The van der Waals surface area contributed by atoms with Crippen LogP contribution in [0.2, 0.25) is 0 Å². The SMILES string of the molecule is Cc1ccc([N+](=O)[O-])cc1S(=O)(=O)Nc1ccc(CC(=O)NCC(F)(F)F)cc1. The molecule has 29 heavy (non-hydrogen) atoms. The molecule has 0 bridgehead atoms.